The summed E-state index contributed by atoms with van der Waals surface area (Å²) < 4.78 is 0. The minimum absolute atomic E-state index is 0.0618. The van der Waals surface area contributed by atoms with Gasteiger partial charge in [-0.05, 0) is 24.0 Å². The van der Waals surface area contributed by atoms with Crippen molar-refractivity contribution in [2.75, 3.05) is 0 Å². The number of aryl methyl sites for hydroxylation is 1. The Labute approximate surface area is 100 Å². The molecule has 0 aliphatic heterocycles. The first-order valence-corrected chi connectivity index (χ1v) is 5.83. The van der Waals surface area contributed by atoms with E-state index in [0.29, 0.717) is 6.42 Å². The van der Waals surface area contributed by atoms with Crippen LogP contribution < -0.4 is 5.43 Å². The van der Waals surface area contributed by atoms with Gasteiger partial charge in [0.15, 0.2) is 0 Å². The summed E-state index contributed by atoms with van der Waals surface area (Å²) in [4.78, 5) is 11.1. The van der Waals surface area contributed by atoms with Gasteiger partial charge in [0, 0.05) is 12.0 Å². The number of carbonyl (C=O) groups is 1. The fourth-order valence-electron chi connectivity index (χ4n) is 1.95. The smallest absolute Gasteiger partial charge is 0.239 e. The summed E-state index contributed by atoms with van der Waals surface area (Å²) >= 11 is 0. The quantitative estimate of drug-likeness (QED) is 0.773. The Balaban J connectivity index is 2.19. The second-order valence-electron chi connectivity index (χ2n) is 4.10. The van der Waals surface area contributed by atoms with Crippen molar-refractivity contribution < 1.29 is 9.90 Å². The Morgan fingerprint density at radius 1 is 1.47 bits per heavy atom. The Hall–Kier alpha value is -1.68. The zero-order chi connectivity index (χ0) is 12.3. The third kappa shape index (κ3) is 2.53. The molecule has 2 N–H and O–H groups in total. The monoisotopic (exact) mass is 232 g/mol. The number of aliphatic hydroxyl groups excluding tert-OH is 1. The number of hydrogen-bond donors (Lipinski definition) is 2. The molecule has 1 aromatic rings. The first-order valence-electron chi connectivity index (χ1n) is 5.83. The number of aliphatic hydroxyl groups is 1. The molecule has 0 saturated heterocycles. The summed E-state index contributed by atoms with van der Waals surface area (Å²) in [6, 6.07) is 5.85. The standard InChI is InChI=1S/C13H16N2O2/c1-2-13(17)15-14-12-6-4-10-7-9(8-16)3-5-11(10)12/h3,5,7,16H,2,4,6,8H2,1H3,(H,15,17). The van der Waals surface area contributed by atoms with E-state index in [-0.39, 0.29) is 12.5 Å². The van der Waals surface area contributed by atoms with Gasteiger partial charge in [0.05, 0.1) is 12.3 Å². The van der Waals surface area contributed by atoms with Crippen LogP contribution in [0.4, 0.5) is 0 Å². The summed E-state index contributed by atoms with van der Waals surface area (Å²) in [5, 5.41) is 13.2. The zero-order valence-corrected chi connectivity index (χ0v) is 9.86. The average molecular weight is 232 g/mol. The molecule has 2 rings (SSSR count). The predicted molar refractivity (Wildman–Crippen MR) is 65.7 cm³/mol. The van der Waals surface area contributed by atoms with Gasteiger partial charge < -0.3 is 5.11 Å². The summed E-state index contributed by atoms with van der Waals surface area (Å²) in [7, 11) is 0. The number of nitrogens with one attached hydrogen (secondary N) is 1. The van der Waals surface area contributed by atoms with Gasteiger partial charge in [-0.15, -0.1) is 0 Å². The van der Waals surface area contributed by atoms with Gasteiger partial charge in [-0.1, -0.05) is 25.1 Å². The van der Waals surface area contributed by atoms with Crippen molar-refractivity contribution in [3.8, 4) is 0 Å². The van der Waals surface area contributed by atoms with E-state index in [4.69, 9.17) is 5.11 Å². The van der Waals surface area contributed by atoms with Crippen molar-refractivity contribution in [3.63, 3.8) is 0 Å². The lowest BCUT2D eigenvalue weighted by Gasteiger charge is -2.03. The molecule has 1 amide bonds. The van der Waals surface area contributed by atoms with E-state index in [1.807, 2.05) is 18.2 Å². The van der Waals surface area contributed by atoms with Gasteiger partial charge in [0.1, 0.15) is 0 Å². The lowest BCUT2D eigenvalue weighted by atomic mass is 10.1. The SMILES string of the molecule is CCC(=O)NN=C1CCc2cc(CO)ccc21. The number of amides is 1. The second kappa shape index (κ2) is 5.10. The largest absolute Gasteiger partial charge is 0.392 e. The third-order valence-electron chi connectivity index (χ3n) is 2.93. The van der Waals surface area contributed by atoms with Crippen LogP contribution in [0.15, 0.2) is 23.3 Å². The molecule has 4 heteroatoms. The van der Waals surface area contributed by atoms with Crippen LogP contribution in [0.1, 0.15) is 36.5 Å². The topological polar surface area (TPSA) is 61.7 Å². The van der Waals surface area contributed by atoms with E-state index in [1.54, 1.807) is 6.92 Å². The Bertz CT molecular complexity index is 466. The Kier molecular flexibility index (Phi) is 3.54. The van der Waals surface area contributed by atoms with Crippen LogP contribution in [0, 0.1) is 0 Å². The lowest BCUT2D eigenvalue weighted by molar-refractivity contribution is -0.120. The number of hydrazone groups is 1. The molecule has 0 atom stereocenters. The van der Waals surface area contributed by atoms with Crippen LogP contribution in [-0.4, -0.2) is 16.7 Å². The molecular formula is C13H16N2O2. The average Bonchev–Trinajstić information content (AvgIpc) is 2.77. The van der Waals surface area contributed by atoms with Crippen molar-refractivity contribution in [2.24, 2.45) is 5.10 Å². The number of carbonyl (C=O) groups excluding carboxylic acids is 1. The Morgan fingerprint density at radius 3 is 3.00 bits per heavy atom. The molecule has 0 spiro atoms. The number of nitrogens with zero attached hydrogens (tertiary/aromatic N) is 1. The van der Waals surface area contributed by atoms with E-state index in [1.165, 1.54) is 5.56 Å². The van der Waals surface area contributed by atoms with Gasteiger partial charge in [0.2, 0.25) is 5.91 Å². The van der Waals surface area contributed by atoms with Crippen LogP contribution >= 0.6 is 0 Å². The fraction of sp³-hybridized carbons (Fsp3) is 0.385. The molecule has 4 nitrogen and oxygen atoms in total. The van der Waals surface area contributed by atoms with E-state index in [0.717, 1.165) is 29.7 Å². The maximum absolute atomic E-state index is 11.1. The number of benzene rings is 1. The molecule has 0 aromatic heterocycles. The molecule has 0 heterocycles. The first-order chi connectivity index (χ1) is 8.24. The maximum Gasteiger partial charge on any atom is 0.239 e. The number of rotatable bonds is 3. The van der Waals surface area contributed by atoms with Crippen LogP contribution in [-0.2, 0) is 17.8 Å². The van der Waals surface area contributed by atoms with Crippen molar-refractivity contribution in [1.29, 1.82) is 0 Å². The van der Waals surface area contributed by atoms with Crippen molar-refractivity contribution in [2.45, 2.75) is 32.8 Å². The highest BCUT2D eigenvalue weighted by atomic mass is 16.3. The van der Waals surface area contributed by atoms with E-state index >= 15 is 0 Å². The van der Waals surface area contributed by atoms with Crippen molar-refractivity contribution in [3.05, 3.63) is 34.9 Å². The maximum atomic E-state index is 11.1. The summed E-state index contributed by atoms with van der Waals surface area (Å²) in [5.41, 5.74) is 6.66. The highest BCUT2D eigenvalue weighted by molar-refractivity contribution is 6.04. The van der Waals surface area contributed by atoms with Crippen LogP contribution in [0.3, 0.4) is 0 Å². The predicted octanol–water partition coefficient (Wildman–Crippen LogP) is 1.36. The van der Waals surface area contributed by atoms with E-state index in [2.05, 4.69) is 10.5 Å². The van der Waals surface area contributed by atoms with Crippen LogP contribution in [0.25, 0.3) is 0 Å². The lowest BCUT2D eigenvalue weighted by Crippen LogP contribution is -2.17. The molecular weight excluding hydrogens is 216 g/mol. The minimum Gasteiger partial charge on any atom is -0.392 e. The summed E-state index contributed by atoms with van der Waals surface area (Å²) in [5.74, 6) is -0.0714. The first kappa shape index (κ1) is 11.8. The molecule has 0 bridgehead atoms. The van der Waals surface area contributed by atoms with Gasteiger partial charge in [-0.3, -0.25) is 4.79 Å². The molecule has 90 valence electrons. The molecule has 1 aliphatic rings. The molecule has 1 aliphatic carbocycles. The normalized spacial score (nSPS) is 16.0. The number of fused-ring (bicyclic) bond motifs is 1. The summed E-state index contributed by atoms with van der Waals surface area (Å²) in [6.45, 7) is 1.86. The molecule has 0 saturated carbocycles. The molecule has 0 radical (unpaired) electrons. The van der Waals surface area contributed by atoms with Crippen molar-refractivity contribution >= 4 is 11.6 Å². The van der Waals surface area contributed by atoms with E-state index in [9.17, 15) is 4.79 Å². The fourth-order valence-corrected chi connectivity index (χ4v) is 1.95. The zero-order valence-electron chi connectivity index (χ0n) is 9.86. The van der Waals surface area contributed by atoms with Crippen LogP contribution in [0.5, 0.6) is 0 Å². The highest BCUT2D eigenvalue weighted by Crippen LogP contribution is 2.23. The molecule has 0 unspecified atom stereocenters. The van der Waals surface area contributed by atoms with Gasteiger partial charge in [-0.25, -0.2) is 5.43 Å². The second-order valence-corrected chi connectivity index (χ2v) is 4.10. The molecule has 1 aromatic carbocycles. The minimum atomic E-state index is -0.0714. The Morgan fingerprint density at radius 2 is 2.29 bits per heavy atom. The molecule has 0 fully saturated rings. The van der Waals surface area contributed by atoms with Crippen LogP contribution in [0.2, 0.25) is 0 Å². The highest BCUT2D eigenvalue weighted by Gasteiger charge is 2.18. The van der Waals surface area contributed by atoms with Crippen molar-refractivity contribution in [1.82, 2.24) is 5.43 Å². The third-order valence-corrected chi connectivity index (χ3v) is 2.93. The number of hydrogen-bond acceptors (Lipinski definition) is 3. The molecule has 17 heavy (non-hydrogen) atoms. The van der Waals surface area contributed by atoms with E-state index < -0.39 is 0 Å². The summed E-state index contributed by atoms with van der Waals surface area (Å²) in [6.07, 6.45) is 2.20. The van der Waals surface area contributed by atoms with Gasteiger partial charge in [0.25, 0.3) is 0 Å². The van der Waals surface area contributed by atoms with Gasteiger partial charge in [-0.2, -0.15) is 5.10 Å². The van der Waals surface area contributed by atoms with Gasteiger partial charge >= 0.3 is 0 Å².